The van der Waals surface area contributed by atoms with Gasteiger partial charge in [0, 0.05) is 11.6 Å². The van der Waals surface area contributed by atoms with E-state index in [2.05, 4.69) is 4.98 Å². The first-order valence-electron chi connectivity index (χ1n) is 6.62. The number of Topliss-reactive ketones (excluding diaryl/α,β-unsaturated/α-hetero) is 1. The number of ether oxygens (including phenoxy) is 1. The fourth-order valence-electron chi connectivity index (χ4n) is 1.77. The summed E-state index contributed by atoms with van der Waals surface area (Å²) >= 11 is 0. The van der Waals surface area contributed by atoms with E-state index in [9.17, 15) is 4.79 Å². The van der Waals surface area contributed by atoms with Crippen LogP contribution in [0, 0.1) is 12.3 Å². The van der Waals surface area contributed by atoms with Crippen LogP contribution in [0.3, 0.4) is 0 Å². The molecule has 0 amide bonds. The first kappa shape index (κ1) is 14.3. The number of rotatable bonds is 3. The average molecular weight is 269 g/mol. The lowest BCUT2D eigenvalue weighted by Gasteiger charge is -2.18. The highest BCUT2D eigenvalue weighted by molar-refractivity contribution is 6.01. The summed E-state index contributed by atoms with van der Waals surface area (Å²) in [7, 11) is 0. The topological polar surface area (TPSA) is 39.2 Å². The van der Waals surface area contributed by atoms with Crippen LogP contribution in [0.5, 0.6) is 11.6 Å². The van der Waals surface area contributed by atoms with E-state index in [0.29, 0.717) is 17.2 Å². The van der Waals surface area contributed by atoms with Crippen molar-refractivity contribution < 1.29 is 9.53 Å². The van der Waals surface area contributed by atoms with Crippen LogP contribution >= 0.6 is 0 Å². The number of benzene rings is 1. The summed E-state index contributed by atoms with van der Waals surface area (Å²) in [6, 6.07) is 11.2. The Labute approximate surface area is 119 Å². The Balaban J connectivity index is 2.33. The van der Waals surface area contributed by atoms with Crippen molar-refractivity contribution in [1.29, 1.82) is 0 Å². The smallest absolute Gasteiger partial charge is 0.230 e. The predicted molar refractivity (Wildman–Crippen MR) is 79.3 cm³/mol. The van der Waals surface area contributed by atoms with Gasteiger partial charge in [-0.25, -0.2) is 4.98 Å². The zero-order chi connectivity index (χ0) is 14.8. The first-order chi connectivity index (χ1) is 9.38. The Morgan fingerprint density at radius 2 is 1.75 bits per heavy atom. The van der Waals surface area contributed by atoms with Gasteiger partial charge < -0.3 is 4.74 Å². The van der Waals surface area contributed by atoms with Crippen molar-refractivity contribution in [2.45, 2.75) is 27.7 Å². The summed E-state index contributed by atoms with van der Waals surface area (Å²) in [6.45, 7) is 7.67. The third kappa shape index (κ3) is 3.23. The van der Waals surface area contributed by atoms with Crippen LogP contribution in [0.25, 0.3) is 0 Å². The molecule has 0 aliphatic heterocycles. The highest BCUT2D eigenvalue weighted by Crippen LogP contribution is 2.28. The number of ketones is 1. The van der Waals surface area contributed by atoms with E-state index < -0.39 is 5.41 Å². The molecule has 1 aromatic carbocycles. The van der Waals surface area contributed by atoms with Crippen molar-refractivity contribution in [3.05, 3.63) is 53.7 Å². The Kier molecular flexibility index (Phi) is 3.89. The molecule has 3 heteroatoms. The minimum Gasteiger partial charge on any atom is -0.438 e. The predicted octanol–water partition coefficient (Wildman–Crippen LogP) is 4.41. The Morgan fingerprint density at radius 1 is 1.10 bits per heavy atom. The molecule has 2 aromatic rings. The van der Waals surface area contributed by atoms with Crippen molar-refractivity contribution in [3.63, 3.8) is 0 Å². The molecule has 0 saturated carbocycles. The van der Waals surface area contributed by atoms with Crippen LogP contribution in [-0.4, -0.2) is 10.8 Å². The van der Waals surface area contributed by atoms with Crippen LogP contribution in [0.4, 0.5) is 0 Å². The van der Waals surface area contributed by atoms with Crippen molar-refractivity contribution in [3.8, 4) is 11.6 Å². The average Bonchev–Trinajstić information content (AvgIpc) is 2.40. The van der Waals surface area contributed by atoms with E-state index >= 15 is 0 Å². The van der Waals surface area contributed by atoms with Gasteiger partial charge in [0.05, 0.1) is 5.56 Å². The Bertz CT molecular complexity index is 610. The molecule has 0 N–H and O–H groups in total. The van der Waals surface area contributed by atoms with Crippen molar-refractivity contribution in [2.75, 3.05) is 0 Å². The van der Waals surface area contributed by atoms with Gasteiger partial charge in [-0.05, 0) is 31.2 Å². The second kappa shape index (κ2) is 5.45. The second-order valence-corrected chi connectivity index (χ2v) is 5.85. The number of nitrogens with zero attached hydrogens (tertiary/aromatic N) is 1. The van der Waals surface area contributed by atoms with Crippen molar-refractivity contribution in [2.24, 2.45) is 5.41 Å². The molecule has 3 nitrogen and oxygen atoms in total. The van der Waals surface area contributed by atoms with E-state index in [1.54, 1.807) is 18.3 Å². The third-order valence-electron chi connectivity index (χ3n) is 2.93. The second-order valence-electron chi connectivity index (χ2n) is 5.85. The van der Waals surface area contributed by atoms with Crippen LogP contribution in [0.2, 0.25) is 0 Å². The van der Waals surface area contributed by atoms with E-state index in [4.69, 9.17) is 4.74 Å². The molecule has 0 bridgehead atoms. The summed E-state index contributed by atoms with van der Waals surface area (Å²) in [5, 5.41) is 0. The summed E-state index contributed by atoms with van der Waals surface area (Å²) in [4.78, 5) is 16.6. The van der Waals surface area contributed by atoms with E-state index in [-0.39, 0.29) is 5.78 Å². The molecule has 0 aliphatic carbocycles. The molecule has 0 fully saturated rings. The fourth-order valence-corrected chi connectivity index (χ4v) is 1.77. The molecule has 0 saturated heterocycles. The molecule has 2 rings (SSSR count). The molecule has 1 heterocycles. The Hall–Kier alpha value is -2.16. The van der Waals surface area contributed by atoms with Crippen LogP contribution < -0.4 is 4.74 Å². The molecular formula is C17H19NO2. The normalized spacial score (nSPS) is 11.2. The molecule has 0 aliphatic rings. The monoisotopic (exact) mass is 269 g/mol. The molecule has 0 spiro atoms. The summed E-state index contributed by atoms with van der Waals surface area (Å²) < 4.78 is 5.75. The Morgan fingerprint density at radius 3 is 2.35 bits per heavy atom. The number of carbonyl (C=O) groups excluding carboxylic acids is 1. The summed E-state index contributed by atoms with van der Waals surface area (Å²) in [6.07, 6.45) is 1.63. The van der Waals surface area contributed by atoms with Gasteiger partial charge in [0.25, 0.3) is 0 Å². The third-order valence-corrected chi connectivity index (χ3v) is 2.93. The molecule has 0 atom stereocenters. The van der Waals surface area contributed by atoms with Gasteiger partial charge in [-0.15, -0.1) is 0 Å². The fraction of sp³-hybridized carbons (Fsp3) is 0.294. The zero-order valence-corrected chi connectivity index (χ0v) is 12.3. The van der Waals surface area contributed by atoms with Crippen LogP contribution in [0.1, 0.15) is 36.7 Å². The van der Waals surface area contributed by atoms with Crippen molar-refractivity contribution in [1.82, 2.24) is 4.98 Å². The van der Waals surface area contributed by atoms with Crippen LogP contribution in [-0.2, 0) is 0 Å². The van der Waals surface area contributed by atoms with Gasteiger partial charge in [-0.1, -0.05) is 38.5 Å². The van der Waals surface area contributed by atoms with Gasteiger partial charge in [-0.3, -0.25) is 4.79 Å². The van der Waals surface area contributed by atoms with Gasteiger partial charge in [0.1, 0.15) is 5.75 Å². The van der Waals surface area contributed by atoms with E-state index in [1.165, 1.54) is 0 Å². The number of aromatic nitrogens is 1. The van der Waals surface area contributed by atoms with Gasteiger partial charge in [0.15, 0.2) is 5.78 Å². The number of pyridine rings is 1. The van der Waals surface area contributed by atoms with Gasteiger partial charge in [0.2, 0.25) is 5.88 Å². The summed E-state index contributed by atoms with van der Waals surface area (Å²) in [5.41, 5.74) is 1.21. The van der Waals surface area contributed by atoms with Gasteiger partial charge in [-0.2, -0.15) is 0 Å². The SMILES string of the molecule is Cc1ccc(Oc2ncccc2C(=O)C(C)(C)C)cc1. The highest BCUT2D eigenvalue weighted by Gasteiger charge is 2.26. The molecule has 0 unspecified atom stereocenters. The number of aryl methyl sites for hydroxylation is 1. The highest BCUT2D eigenvalue weighted by atomic mass is 16.5. The number of hydrogen-bond acceptors (Lipinski definition) is 3. The lowest BCUT2D eigenvalue weighted by atomic mass is 9.87. The zero-order valence-electron chi connectivity index (χ0n) is 12.3. The molecular weight excluding hydrogens is 250 g/mol. The standard InChI is InChI=1S/C17H19NO2/c1-12-7-9-13(10-8-12)20-16-14(6-5-11-18-16)15(19)17(2,3)4/h5-11H,1-4H3. The number of hydrogen-bond donors (Lipinski definition) is 0. The molecule has 1 aromatic heterocycles. The van der Waals surface area contributed by atoms with E-state index in [0.717, 1.165) is 5.56 Å². The molecule has 104 valence electrons. The summed E-state index contributed by atoms with van der Waals surface area (Å²) in [5.74, 6) is 1.06. The van der Waals surface area contributed by atoms with Gasteiger partial charge >= 0.3 is 0 Å². The maximum absolute atomic E-state index is 12.4. The lowest BCUT2D eigenvalue weighted by Crippen LogP contribution is -2.21. The van der Waals surface area contributed by atoms with Crippen molar-refractivity contribution >= 4 is 5.78 Å². The minimum atomic E-state index is -0.464. The largest absolute Gasteiger partial charge is 0.438 e. The maximum atomic E-state index is 12.4. The quantitative estimate of drug-likeness (QED) is 0.775. The van der Waals surface area contributed by atoms with Crippen LogP contribution in [0.15, 0.2) is 42.6 Å². The first-order valence-corrected chi connectivity index (χ1v) is 6.62. The molecule has 0 radical (unpaired) electrons. The molecule has 20 heavy (non-hydrogen) atoms. The maximum Gasteiger partial charge on any atom is 0.230 e. The lowest BCUT2D eigenvalue weighted by molar-refractivity contribution is 0.0855. The minimum absolute atomic E-state index is 0.0210. The van der Waals surface area contributed by atoms with E-state index in [1.807, 2.05) is 52.0 Å². The number of carbonyl (C=O) groups is 1.